The van der Waals surface area contributed by atoms with E-state index < -0.39 is 4.92 Å². The van der Waals surface area contributed by atoms with Crippen molar-refractivity contribution in [3.8, 4) is 12.1 Å². The third-order valence-corrected chi connectivity index (χ3v) is 1.67. The van der Waals surface area contributed by atoms with Crippen LogP contribution in [0.3, 0.4) is 0 Å². The van der Waals surface area contributed by atoms with E-state index >= 15 is 0 Å². The monoisotopic (exact) mass is 214 g/mol. The fraction of sp³-hybridized carbons (Fsp3) is 0. The largest absolute Gasteiger partial charge is 0.346 e. The summed E-state index contributed by atoms with van der Waals surface area (Å²) >= 11 is 0. The molecule has 0 radical (unpaired) electrons. The smallest absolute Gasteiger partial charge is 0.271 e. The lowest BCUT2D eigenvalue weighted by Crippen LogP contribution is -1.97. The SMILES string of the molecule is N#C/C=C(\C#N)Nc1cccc([N+](=O)[O-])c1. The summed E-state index contributed by atoms with van der Waals surface area (Å²) < 4.78 is 0. The molecule has 16 heavy (non-hydrogen) atoms. The van der Waals surface area contributed by atoms with Crippen molar-refractivity contribution >= 4 is 11.4 Å². The molecule has 1 N–H and O–H groups in total. The lowest BCUT2D eigenvalue weighted by molar-refractivity contribution is -0.384. The van der Waals surface area contributed by atoms with E-state index in [4.69, 9.17) is 10.5 Å². The Hall–Kier alpha value is -2.86. The molecule has 0 aliphatic carbocycles. The topological polar surface area (TPSA) is 103 Å². The van der Waals surface area contributed by atoms with Crippen LogP contribution in [0.4, 0.5) is 11.4 Å². The molecular formula is C10H6N4O2. The van der Waals surface area contributed by atoms with Crippen molar-refractivity contribution in [3.05, 3.63) is 46.2 Å². The highest BCUT2D eigenvalue weighted by atomic mass is 16.6. The van der Waals surface area contributed by atoms with Gasteiger partial charge in [-0.3, -0.25) is 10.1 Å². The van der Waals surface area contributed by atoms with Gasteiger partial charge in [0, 0.05) is 17.8 Å². The summed E-state index contributed by atoms with van der Waals surface area (Å²) in [5.41, 5.74) is 0.333. The van der Waals surface area contributed by atoms with E-state index in [1.807, 2.05) is 0 Å². The van der Waals surface area contributed by atoms with Crippen molar-refractivity contribution in [2.24, 2.45) is 0 Å². The summed E-state index contributed by atoms with van der Waals surface area (Å²) in [5.74, 6) is 0. The van der Waals surface area contributed by atoms with E-state index in [0.717, 1.165) is 6.08 Å². The minimum absolute atomic E-state index is 0.0306. The van der Waals surface area contributed by atoms with Crippen molar-refractivity contribution in [3.63, 3.8) is 0 Å². The zero-order valence-electron chi connectivity index (χ0n) is 8.04. The van der Waals surface area contributed by atoms with Gasteiger partial charge in [0.25, 0.3) is 5.69 Å². The molecule has 0 saturated carbocycles. The number of hydrogen-bond acceptors (Lipinski definition) is 5. The molecule has 6 nitrogen and oxygen atoms in total. The molecule has 0 aliphatic rings. The first kappa shape index (κ1) is 11.2. The Morgan fingerprint density at radius 1 is 1.50 bits per heavy atom. The number of allylic oxidation sites excluding steroid dienone is 2. The van der Waals surface area contributed by atoms with Crippen molar-refractivity contribution in [1.29, 1.82) is 10.5 Å². The number of nitrogens with zero attached hydrogens (tertiary/aromatic N) is 3. The summed E-state index contributed by atoms with van der Waals surface area (Å²) in [6.07, 6.45) is 1.03. The number of hydrogen-bond donors (Lipinski definition) is 1. The van der Waals surface area contributed by atoms with Gasteiger partial charge in [-0.25, -0.2) is 0 Å². The minimum atomic E-state index is -0.536. The number of nitriles is 2. The summed E-state index contributed by atoms with van der Waals surface area (Å²) in [7, 11) is 0. The Labute approximate surface area is 91.2 Å². The van der Waals surface area contributed by atoms with E-state index in [9.17, 15) is 10.1 Å². The van der Waals surface area contributed by atoms with Crippen LogP contribution in [0.15, 0.2) is 36.0 Å². The van der Waals surface area contributed by atoms with Crippen molar-refractivity contribution in [2.45, 2.75) is 0 Å². The van der Waals surface area contributed by atoms with Crippen LogP contribution in [0, 0.1) is 32.8 Å². The number of benzene rings is 1. The molecule has 0 aromatic heterocycles. The maximum atomic E-state index is 10.5. The Kier molecular flexibility index (Phi) is 3.59. The Morgan fingerprint density at radius 2 is 2.25 bits per heavy atom. The minimum Gasteiger partial charge on any atom is -0.346 e. The van der Waals surface area contributed by atoms with Crippen LogP contribution >= 0.6 is 0 Å². The molecule has 0 aliphatic heterocycles. The summed E-state index contributed by atoms with van der Waals surface area (Å²) in [6, 6.07) is 9.13. The third-order valence-electron chi connectivity index (χ3n) is 1.67. The van der Waals surface area contributed by atoms with Crippen LogP contribution in [0.25, 0.3) is 0 Å². The molecule has 6 heteroatoms. The fourth-order valence-electron chi connectivity index (χ4n) is 1.01. The highest BCUT2D eigenvalue weighted by Gasteiger charge is 2.05. The number of nitrogens with one attached hydrogen (secondary N) is 1. The molecule has 1 aromatic rings. The van der Waals surface area contributed by atoms with Crippen LogP contribution in [0.2, 0.25) is 0 Å². The lowest BCUT2D eigenvalue weighted by Gasteiger charge is -2.02. The maximum absolute atomic E-state index is 10.5. The number of rotatable bonds is 3. The van der Waals surface area contributed by atoms with Gasteiger partial charge in [0.15, 0.2) is 0 Å². The van der Waals surface area contributed by atoms with Crippen LogP contribution in [0.1, 0.15) is 0 Å². The number of anilines is 1. The standard InChI is InChI=1S/C10H6N4O2/c11-5-4-9(7-12)13-8-2-1-3-10(6-8)14(15)16/h1-4,6,13H/b9-4+. The first-order valence-electron chi connectivity index (χ1n) is 4.18. The Bertz CT molecular complexity index is 522. The first-order valence-corrected chi connectivity index (χ1v) is 4.18. The average Bonchev–Trinajstić information content (AvgIpc) is 2.29. The van der Waals surface area contributed by atoms with Gasteiger partial charge in [-0.1, -0.05) is 6.07 Å². The van der Waals surface area contributed by atoms with Crippen LogP contribution in [-0.2, 0) is 0 Å². The molecule has 1 rings (SSSR count). The molecule has 78 valence electrons. The number of nitro benzene ring substituents is 1. The molecule has 0 amide bonds. The predicted molar refractivity (Wildman–Crippen MR) is 56.0 cm³/mol. The van der Waals surface area contributed by atoms with Gasteiger partial charge in [0.1, 0.15) is 11.8 Å². The predicted octanol–water partition coefficient (Wildman–Crippen LogP) is 1.94. The molecule has 0 spiro atoms. The molecule has 0 atom stereocenters. The second-order valence-corrected chi connectivity index (χ2v) is 2.73. The van der Waals surface area contributed by atoms with E-state index in [-0.39, 0.29) is 11.4 Å². The van der Waals surface area contributed by atoms with Gasteiger partial charge in [0.2, 0.25) is 0 Å². The molecule has 0 unspecified atom stereocenters. The van der Waals surface area contributed by atoms with Crippen molar-refractivity contribution in [1.82, 2.24) is 0 Å². The lowest BCUT2D eigenvalue weighted by atomic mass is 10.2. The summed E-state index contributed by atoms with van der Waals surface area (Å²) in [5, 5.41) is 30.1. The van der Waals surface area contributed by atoms with E-state index in [0.29, 0.717) is 5.69 Å². The molecule has 0 heterocycles. The van der Waals surface area contributed by atoms with E-state index in [1.54, 1.807) is 18.2 Å². The van der Waals surface area contributed by atoms with Gasteiger partial charge in [0.05, 0.1) is 17.1 Å². The quantitative estimate of drug-likeness (QED) is 0.470. The Balaban J connectivity index is 2.95. The maximum Gasteiger partial charge on any atom is 0.271 e. The zero-order chi connectivity index (χ0) is 12.0. The second-order valence-electron chi connectivity index (χ2n) is 2.73. The highest BCUT2D eigenvalue weighted by molar-refractivity contribution is 5.56. The van der Waals surface area contributed by atoms with Gasteiger partial charge < -0.3 is 5.32 Å². The molecule has 1 aromatic carbocycles. The van der Waals surface area contributed by atoms with Crippen LogP contribution in [0.5, 0.6) is 0 Å². The zero-order valence-corrected chi connectivity index (χ0v) is 8.04. The molecule has 0 bridgehead atoms. The summed E-state index contributed by atoms with van der Waals surface area (Å²) in [4.78, 5) is 9.94. The molecular weight excluding hydrogens is 208 g/mol. The molecule has 0 fully saturated rings. The van der Waals surface area contributed by atoms with Crippen LogP contribution < -0.4 is 5.32 Å². The van der Waals surface area contributed by atoms with Crippen molar-refractivity contribution < 1.29 is 4.92 Å². The van der Waals surface area contributed by atoms with Gasteiger partial charge >= 0.3 is 0 Å². The average molecular weight is 214 g/mol. The number of non-ortho nitro benzene ring substituents is 1. The second kappa shape index (κ2) is 5.13. The first-order chi connectivity index (χ1) is 7.67. The van der Waals surface area contributed by atoms with Gasteiger partial charge in [-0.05, 0) is 6.07 Å². The third kappa shape index (κ3) is 2.82. The van der Waals surface area contributed by atoms with Gasteiger partial charge in [-0.2, -0.15) is 10.5 Å². The molecule has 0 saturated heterocycles. The Morgan fingerprint density at radius 3 is 2.81 bits per heavy atom. The normalized spacial score (nSPS) is 10.0. The highest BCUT2D eigenvalue weighted by Crippen LogP contribution is 2.18. The van der Waals surface area contributed by atoms with E-state index in [1.165, 1.54) is 18.2 Å². The van der Waals surface area contributed by atoms with Gasteiger partial charge in [-0.15, -0.1) is 0 Å². The van der Waals surface area contributed by atoms with E-state index in [2.05, 4.69) is 5.32 Å². The van der Waals surface area contributed by atoms with Crippen molar-refractivity contribution in [2.75, 3.05) is 5.32 Å². The fourth-order valence-corrected chi connectivity index (χ4v) is 1.01. The number of nitro groups is 1. The summed E-state index contributed by atoms with van der Waals surface area (Å²) in [6.45, 7) is 0. The van der Waals surface area contributed by atoms with Crippen LogP contribution in [-0.4, -0.2) is 4.92 Å².